The predicted octanol–water partition coefficient (Wildman–Crippen LogP) is 3.17. The van der Waals surface area contributed by atoms with E-state index < -0.39 is 0 Å². The van der Waals surface area contributed by atoms with Crippen LogP contribution < -0.4 is 5.73 Å². The lowest BCUT2D eigenvalue weighted by Crippen LogP contribution is -2.19. The van der Waals surface area contributed by atoms with E-state index in [0.717, 1.165) is 12.2 Å². The van der Waals surface area contributed by atoms with Crippen LogP contribution in [0.15, 0.2) is 17.5 Å². The first-order valence-electron chi connectivity index (χ1n) is 5.47. The van der Waals surface area contributed by atoms with E-state index in [4.69, 9.17) is 10.7 Å². The van der Waals surface area contributed by atoms with Crippen LogP contribution in [0.1, 0.15) is 22.7 Å². The molecule has 2 nitrogen and oxygen atoms in total. The maximum absolute atomic E-state index is 5.85. The molecule has 0 bridgehead atoms. The molecule has 16 heavy (non-hydrogen) atoms. The lowest BCUT2D eigenvalue weighted by atomic mass is 10.1. The largest absolute Gasteiger partial charge is 0.329 e. The van der Waals surface area contributed by atoms with Gasteiger partial charge in [-0.15, -0.1) is 22.7 Å². The number of hydrogen-bond acceptors (Lipinski definition) is 4. The third kappa shape index (κ3) is 1.52. The van der Waals surface area contributed by atoms with Crippen molar-refractivity contribution in [1.82, 2.24) is 4.98 Å². The molecule has 2 heterocycles. The van der Waals surface area contributed by atoms with E-state index in [1.165, 1.54) is 27.6 Å². The standard InChI is InChI=1S/C12H14N2S2/c1-8-10(9-3-2-6-15-9)14-11(16-8)12(7-13)4-5-12/h2-3,6H,4-5,7,13H2,1H3. The monoisotopic (exact) mass is 250 g/mol. The minimum absolute atomic E-state index is 0.227. The Morgan fingerprint density at radius 3 is 2.88 bits per heavy atom. The van der Waals surface area contributed by atoms with Gasteiger partial charge in [-0.05, 0) is 31.2 Å². The van der Waals surface area contributed by atoms with E-state index in [0.29, 0.717) is 0 Å². The van der Waals surface area contributed by atoms with E-state index in [2.05, 4.69) is 24.4 Å². The summed E-state index contributed by atoms with van der Waals surface area (Å²) in [5.74, 6) is 0. The fraction of sp³-hybridized carbons (Fsp3) is 0.417. The SMILES string of the molecule is Cc1sc(C2(CN)CC2)nc1-c1cccs1. The van der Waals surface area contributed by atoms with Crippen molar-refractivity contribution >= 4 is 22.7 Å². The van der Waals surface area contributed by atoms with Gasteiger partial charge in [0, 0.05) is 16.8 Å². The van der Waals surface area contributed by atoms with E-state index in [9.17, 15) is 0 Å². The number of aromatic nitrogens is 1. The molecule has 4 heteroatoms. The van der Waals surface area contributed by atoms with Gasteiger partial charge in [-0.25, -0.2) is 4.98 Å². The molecule has 84 valence electrons. The predicted molar refractivity (Wildman–Crippen MR) is 70.1 cm³/mol. The summed E-state index contributed by atoms with van der Waals surface area (Å²) < 4.78 is 0. The van der Waals surface area contributed by atoms with Gasteiger partial charge >= 0.3 is 0 Å². The van der Waals surface area contributed by atoms with Crippen LogP contribution in [0.4, 0.5) is 0 Å². The second-order valence-electron chi connectivity index (χ2n) is 4.39. The molecule has 1 aliphatic rings. The van der Waals surface area contributed by atoms with Crippen molar-refractivity contribution < 1.29 is 0 Å². The van der Waals surface area contributed by atoms with Gasteiger partial charge in [0.2, 0.25) is 0 Å². The number of thiazole rings is 1. The molecule has 1 fully saturated rings. The summed E-state index contributed by atoms with van der Waals surface area (Å²) in [6, 6.07) is 4.22. The Morgan fingerprint density at radius 2 is 2.31 bits per heavy atom. The van der Waals surface area contributed by atoms with Crippen LogP contribution in [0.25, 0.3) is 10.6 Å². The molecule has 3 rings (SSSR count). The third-order valence-corrected chi connectivity index (χ3v) is 5.34. The lowest BCUT2D eigenvalue weighted by Gasteiger charge is -2.06. The molecule has 0 aromatic carbocycles. The Labute approximate surface area is 103 Å². The summed E-state index contributed by atoms with van der Waals surface area (Å²) >= 11 is 3.58. The maximum atomic E-state index is 5.85. The molecule has 2 aromatic rings. The zero-order chi connectivity index (χ0) is 11.2. The van der Waals surface area contributed by atoms with Crippen LogP contribution in [0.5, 0.6) is 0 Å². The van der Waals surface area contributed by atoms with Crippen molar-refractivity contribution in [2.75, 3.05) is 6.54 Å². The molecule has 1 saturated carbocycles. The highest BCUT2D eigenvalue weighted by Crippen LogP contribution is 2.50. The smallest absolute Gasteiger partial charge is 0.101 e. The Bertz CT molecular complexity index is 495. The summed E-state index contributed by atoms with van der Waals surface area (Å²) in [6.45, 7) is 2.90. The number of nitrogens with two attached hydrogens (primary N) is 1. The number of thiophene rings is 1. The van der Waals surface area contributed by atoms with Crippen molar-refractivity contribution in [3.05, 3.63) is 27.4 Å². The van der Waals surface area contributed by atoms with Gasteiger partial charge in [-0.2, -0.15) is 0 Å². The van der Waals surface area contributed by atoms with E-state index >= 15 is 0 Å². The molecular formula is C12H14N2S2. The molecule has 0 radical (unpaired) electrons. The van der Waals surface area contributed by atoms with Crippen molar-refractivity contribution in [2.24, 2.45) is 5.73 Å². The Kier molecular flexibility index (Phi) is 2.38. The Hall–Kier alpha value is -0.710. The van der Waals surface area contributed by atoms with Crippen LogP contribution in [0.2, 0.25) is 0 Å². The average Bonchev–Trinajstić information content (AvgIpc) is 2.73. The topological polar surface area (TPSA) is 38.9 Å². The fourth-order valence-corrected chi connectivity index (χ4v) is 3.94. The summed E-state index contributed by atoms with van der Waals surface area (Å²) in [7, 11) is 0. The molecule has 0 unspecified atom stereocenters. The normalized spacial score (nSPS) is 17.6. The highest BCUT2D eigenvalue weighted by molar-refractivity contribution is 7.15. The highest BCUT2D eigenvalue weighted by atomic mass is 32.1. The minimum Gasteiger partial charge on any atom is -0.329 e. The van der Waals surface area contributed by atoms with Gasteiger partial charge < -0.3 is 5.73 Å². The van der Waals surface area contributed by atoms with Gasteiger partial charge in [-0.3, -0.25) is 0 Å². The Balaban J connectivity index is 2.03. The van der Waals surface area contributed by atoms with Crippen LogP contribution >= 0.6 is 22.7 Å². The van der Waals surface area contributed by atoms with Crippen molar-refractivity contribution in [1.29, 1.82) is 0 Å². The van der Waals surface area contributed by atoms with Gasteiger partial charge in [0.1, 0.15) is 5.01 Å². The summed E-state index contributed by atoms with van der Waals surface area (Å²) in [4.78, 5) is 7.39. The molecule has 2 N–H and O–H groups in total. The average molecular weight is 250 g/mol. The molecule has 0 saturated heterocycles. The fourth-order valence-electron chi connectivity index (χ4n) is 1.92. The first kappa shape index (κ1) is 10.4. The molecule has 2 aromatic heterocycles. The second kappa shape index (κ2) is 3.65. The Morgan fingerprint density at radius 1 is 1.50 bits per heavy atom. The number of hydrogen-bond donors (Lipinski definition) is 1. The molecule has 1 aliphatic carbocycles. The van der Waals surface area contributed by atoms with Gasteiger partial charge in [0.25, 0.3) is 0 Å². The molecule has 0 amide bonds. The summed E-state index contributed by atoms with van der Waals surface area (Å²) in [5, 5.41) is 3.35. The molecular weight excluding hydrogens is 236 g/mol. The lowest BCUT2D eigenvalue weighted by molar-refractivity contribution is 0.698. The summed E-state index contributed by atoms with van der Waals surface area (Å²) in [6.07, 6.45) is 2.42. The third-order valence-electron chi connectivity index (χ3n) is 3.25. The summed E-state index contributed by atoms with van der Waals surface area (Å²) in [5.41, 5.74) is 7.24. The maximum Gasteiger partial charge on any atom is 0.101 e. The first-order chi connectivity index (χ1) is 7.75. The zero-order valence-electron chi connectivity index (χ0n) is 9.19. The van der Waals surface area contributed by atoms with Crippen molar-refractivity contribution in [3.63, 3.8) is 0 Å². The van der Waals surface area contributed by atoms with E-state index in [-0.39, 0.29) is 5.41 Å². The van der Waals surface area contributed by atoms with Gasteiger partial charge in [0.05, 0.1) is 10.6 Å². The number of aryl methyl sites for hydroxylation is 1. The molecule has 0 spiro atoms. The van der Waals surface area contributed by atoms with Crippen LogP contribution in [-0.4, -0.2) is 11.5 Å². The van der Waals surface area contributed by atoms with E-state index in [1.54, 1.807) is 11.3 Å². The quantitative estimate of drug-likeness (QED) is 0.908. The number of rotatable bonds is 3. The van der Waals surface area contributed by atoms with Crippen LogP contribution in [0.3, 0.4) is 0 Å². The first-order valence-corrected chi connectivity index (χ1v) is 7.17. The zero-order valence-corrected chi connectivity index (χ0v) is 10.8. The van der Waals surface area contributed by atoms with Crippen LogP contribution in [0, 0.1) is 6.92 Å². The van der Waals surface area contributed by atoms with Crippen LogP contribution in [-0.2, 0) is 5.41 Å². The van der Waals surface area contributed by atoms with Gasteiger partial charge in [0.15, 0.2) is 0 Å². The second-order valence-corrected chi connectivity index (χ2v) is 6.54. The van der Waals surface area contributed by atoms with E-state index in [1.807, 2.05) is 11.3 Å². The number of nitrogens with zero attached hydrogens (tertiary/aromatic N) is 1. The van der Waals surface area contributed by atoms with Crippen molar-refractivity contribution in [3.8, 4) is 10.6 Å². The molecule has 0 aliphatic heterocycles. The highest BCUT2D eigenvalue weighted by Gasteiger charge is 2.45. The van der Waals surface area contributed by atoms with Crippen molar-refractivity contribution in [2.45, 2.75) is 25.2 Å². The molecule has 0 atom stereocenters. The van der Waals surface area contributed by atoms with Gasteiger partial charge in [-0.1, -0.05) is 6.07 Å². The minimum atomic E-state index is 0.227.